The van der Waals surface area contributed by atoms with E-state index in [-0.39, 0.29) is 11.8 Å². The van der Waals surface area contributed by atoms with E-state index in [0.717, 1.165) is 31.6 Å². The molecule has 21 heavy (non-hydrogen) atoms. The van der Waals surface area contributed by atoms with E-state index in [0.29, 0.717) is 5.92 Å². The molecular weight excluding hydrogens is 274 g/mol. The Kier molecular flexibility index (Phi) is 5.20. The highest BCUT2D eigenvalue weighted by Crippen LogP contribution is 2.42. The smallest absolute Gasteiger partial charge is 0.326 e. The highest BCUT2D eigenvalue weighted by molar-refractivity contribution is 5.87. The van der Waals surface area contributed by atoms with Gasteiger partial charge in [-0.05, 0) is 31.1 Å². The molecule has 0 aliphatic heterocycles. The topological polar surface area (TPSA) is 104 Å². The summed E-state index contributed by atoms with van der Waals surface area (Å²) >= 11 is 0. The van der Waals surface area contributed by atoms with E-state index in [4.69, 9.17) is 10.2 Å². The van der Waals surface area contributed by atoms with E-state index in [1.165, 1.54) is 19.3 Å². The van der Waals surface area contributed by atoms with E-state index in [1.54, 1.807) is 0 Å². The average Bonchev–Trinajstić information content (AvgIpc) is 2.45. The van der Waals surface area contributed by atoms with Gasteiger partial charge in [0.05, 0.1) is 6.42 Å². The van der Waals surface area contributed by atoms with Crippen molar-refractivity contribution in [1.82, 2.24) is 5.32 Å². The fraction of sp³-hybridized carbons (Fsp3) is 0.800. The second-order valence-electron chi connectivity index (χ2n) is 6.31. The molecule has 4 atom stereocenters. The van der Waals surface area contributed by atoms with E-state index < -0.39 is 24.4 Å². The normalized spacial score (nSPS) is 30.0. The maximum Gasteiger partial charge on any atom is 0.326 e. The molecule has 0 saturated heterocycles. The minimum absolute atomic E-state index is 0.167. The fourth-order valence-electron chi connectivity index (χ4n) is 3.78. The van der Waals surface area contributed by atoms with Gasteiger partial charge in [0.2, 0.25) is 5.91 Å². The molecule has 0 bridgehead atoms. The zero-order valence-corrected chi connectivity index (χ0v) is 12.1. The summed E-state index contributed by atoms with van der Waals surface area (Å²) in [6.07, 6.45) is 6.94. The van der Waals surface area contributed by atoms with E-state index in [2.05, 4.69) is 5.32 Å². The number of carboxylic acid groups (broad SMARTS) is 2. The zero-order chi connectivity index (χ0) is 15.4. The van der Waals surface area contributed by atoms with Crippen molar-refractivity contribution in [2.24, 2.45) is 17.8 Å². The van der Waals surface area contributed by atoms with E-state index in [1.807, 2.05) is 0 Å². The molecule has 6 nitrogen and oxygen atoms in total. The fourth-order valence-corrected chi connectivity index (χ4v) is 3.78. The Hall–Kier alpha value is -1.59. The van der Waals surface area contributed by atoms with Crippen LogP contribution in [0.25, 0.3) is 0 Å². The van der Waals surface area contributed by atoms with Crippen molar-refractivity contribution in [2.75, 3.05) is 0 Å². The minimum Gasteiger partial charge on any atom is -0.481 e. The second-order valence-corrected chi connectivity index (χ2v) is 6.31. The minimum atomic E-state index is -1.33. The van der Waals surface area contributed by atoms with E-state index in [9.17, 15) is 14.4 Å². The lowest BCUT2D eigenvalue weighted by molar-refractivity contribution is -0.147. The number of nitrogens with one attached hydrogen (secondary N) is 1. The molecule has 1 amide bonds. The van der Waals surface area contributed by atoms with Gasteiger partial charge in [-0.1, -0.05) is 25.7 Å². The van der Waals surface area contributed by atoms with Crippen molar-refractivity contribution in [2.45, 2.75) is 57.4 Å². The summed E-state index contributed by atoms with van der Waals surface area (Å²) in [4.78, 5) is 33.8. The van der Waals surface area contributed by atoms with Crippen LogP contribution in [0.5, 0.6) is 0 Å². The van der Waals surface area contributed by atoms with Crippen LogP contribution >= 0.6 is 0 Å². The van der Waals surface area contributed by atoms with Gasteiger partial charge in [-0.15, -0.1) is 0 Å². The molecular formula is C15H23NO5. The first-order valence-corrected chi connectivity index (χ1v) is 7.72. The van der Waals surface area contributed by atoms with Gasteiger partial charge in [-0.25, -0.2) is 4.79 Å². The Morgan fingerprint density at radius 3 is 2.29 bits per heavy atom. The molecule has 0 aromatic rings. The molecule has 0 heterocycles. The molecule has 3 unspecified atom stereocenters. The predicted octanol–water partition coefficient (Wildman–Crippen LogP) is 1.64. The largest absolute Gasteiger partial charge is 0.481 e. The molecule has 2 aliphatic carbocycles. The SMILES string of the molecule is O=C(O)C[C@H](NC(=O)C1CCC2CCCCC2C1)C(=O)O. The van der Waals surface area contributed by atoms with Crippen LogP contribution in [0.3, 0.4) is 0 Å². The number of fused-ring (bicyclic) bond motifs is 1. The quantitative estimate of drug-likeness (QED) is 0.715. The molecule has 2 saturated carbocycles. The van der Waals surface area contributed by atoms with Gasteiger partial charge in [-0.3, -0.25) is 9.59 Å². The summed E-state index contributed by atoms with van der Waals surface area (Å²) in [5.41, 5.74) is 0. The van der Waals surface area contributed by atoms with Crippen molar-refractivity contribution in [1.29, 1.82) is 0 Å². The Bertz CT molecular complexity index is 422. The maximum atomic E-state index is 12.2. The summed E-state index contributed by atoms with van der Waals surface area (Å²) in [6.45, 7) is 0. The van der Waals surface area contributed by atoms with Crippen LogP contribution < -0.4 is 5.32 Å². The van der Waals surface area contributed by atoms with Crippen LogP contribution in [-0.4, -0.2) is 34.1 Å². The number of carbonyl (C=O) groups excluding carboxylic acids is 1. The molecule has 0 radical (unpaired) electrons. The maximum absolute atomic E-state index is 12.2. The second kappa shape index (κ2) is 6.91. The molecule has 2 fully saturated rings. The number of carbonyl (C=O) groups is 3. The summed E-state index contributed by atoms with van der Waals surface area (Å²) in [7, 11) is 0. The summed E-state index contributed by atoms with van der Waals surface area (Å²) in [6, 6.07) is -1.33. The molecule has 0 aromatic carbocycles. The molecule has 3 N–H and O–H groups in total. The van der Waals surface area contributed by atoms with Crippen LogP contribution in [0.4, 0.5) is 0 Å². The Balaban J connectivity index is 1.90. The van der Waals surface area contributed by atoms with Crippen molar-refractivity contribution in [3.63, 3.8) is 0 Å². The first-order valence-electron chi connectivity index (χ1n) is 7.72. The number of rotatable bonds is 5. The van der Waals surface area contributed by atoms with E-state index >= 15 is 0 Å². The zero-order valence-electron chi connectivity index (χ0n) is 12.1. The lowest BCUT2D eigenvalue weighted by atomic mass is 9.67. The van der Waals surface area contributed by atoms with Gasteiger partial charge >= 0.3 is 11.9 Å². The standard InChI is InChI=1S/C15H23NO5/c17-13(18)8-12(15(20)21)16-14(19)11-6-5-9-3-1-2-4-10(9)7-11/h9-12H,1-8H2,(H,16,19)(H,17,18)(H,20,21)/t9?,10?,11?,12-/m0/s1. The third-order valence-corrected chi connectivity index (χ3v) is 4.90. The van der Waals surface area contributed by atoms with Crippen molar-refractivity contribution in [3.05, 3.63) is 0 Å². The van der Waals surface area contributed by atoms with Crippen LogP contribution in [0.1, 0.15) is 51.4 Å². The lowest BCUT2D eigenvalue weighted by Gasteiger charge is -2.38. The molecule has 0 aromatic heterocycles. The number of amides is 1. The first kappa shape index (κ1) is 15.8. The van der Waals surface area contributed by atoms with Gasteiger partial charge < -0.3 is 15.5 Å². The third-order valence-electron chi connectivity index (χ3n) is 4.90. The number of hydrogen-bond donors (Lipinski definition) is 3. The Morgan fingerprint density at radius 2 is 1.67 bits per heavy atom. The summed E-state index contributed by atoms with van der Waals surface area (Å²) in [5.74, 6) is -1.69. The van der Waals surface area contributed by atoms with Crippen LogP contribution in [-0.2, 0) is 14.4 Å². The molecule has 0 spiro atoms. The van der Waals surface area contributed by atoms with Crippen LogP contribution in [0.15, 0.2) is 0 Å². The van der Waals surface area contributed by atoms with Gasteiger partial charge in [0.1, 0.15) is 6.04 Å². The predicted molar refractivity (Wildman–Crippen MR) is 74.6 cm³/mol. The van der Waals surface area contributed by atoms with Gasteiger partial charge in [0.25, 0.3) is 0 Å². The lowest BCUT2D eigenvalue weighted by Crippen LogP contribution is -2.46. The summed E-state index contributed by atoms with van der Waals surface area (Å²) in [5, 5.41) is 20.1. The third kappa shape index (κ3) is 4.19. The Labute approximate surface area is 123 Å². The molecule has 2 rings (SSSR count). The van der Waals surface area contributed by atoms with Crippen molar-refractivity contribution < 1.29 is 24.6 Å². The highest BCUT2D eigenvalue weighted by atomic mass is 16.4. The highest BCUT2D eigenvalue weighted by Gasteiger charge is 2.36. The molecule has 6 heteroatoms. The number of aliphatic carboxylic acids is 2. The first-order chi connectivity index (χ1) is 9.97. The number of carboxylic acids is 2. The average molecular weight is 297 g/mol. The molecule has 118 valence electrons. The Morgan fingerprint density at radius 1 is 1.00 bits per heavy atom. The van der Waals surface area contributed by atoms with Crippen molar-refractivity contribution in [3.8, 4) is 0 Å². The van der Waals surface area contributed by atoms with Crippen LogP contribution in [0.2, 0.25) is 0 Å². The van der Waals surface area contributed by atoms with Gasteiger partial charge in [0, 0.05) is 5.92 Å². The number of hydrogen-bond acceptors (Lipinski definition) is 3. The van der Waals surface area contributed by atoms with Crippen LogP contribution in [0, 0.1) is 17.8 Å². The molecule has 2 aliphatic rings. The summed E-state index contributed by atoms with van der Waals surface area (Å²) < 4.78 is 0. The van der Waals surface area contributed by atoms with Gasteiger partial charge in [0.15, 0.2) is 0 Å². The van der Waals surface area contributed by atoms with Gasteiger partial charge in [-0.2, -0.15) is 0 Å². The van der Waals surface area contributed by atoms with Crippen molar-refractivity contribution >= 4 is 17.8 Å². The monoisotopic (exact) mass is 297 g/mol.